The summed E-state index contributed by atoms with van der Waals surface area (Å²) in [7, 11) is 0. The lowest BCUT2D eigenvalue weighted by Gasteiger charge is -2.16. The first-order valence-electron chi connectivity index (χ1n) is 9.86. The fraction of sp³-hybridized carbons (Fsp3) is 0.238. The third-order valence-electron chi connectivity index (χ3n) is 4.96. The Morgan fingerprint density at radius 2 is 2.12 bits per heavy atom. The minimum absolute atomic E-state index is 0.0118. The molecule has 1 saturated heterocycles. The van der Waals surface area contributed by atoms with Crippen LogP contribution >= 0.6 is 11.6 Å². The highest BCUT2D eigenvalue weighted by molar-refractivity contribution is 6.32. The van der Waals surface area contributed by atoms with Gasteiger partial charge in [0.25, 0.3) is 5.88 Å². The number of anilines is 2. The van der Waals surface area contributed by atoms with Gasteiger partial charge >= 0.3 is 6.61 Å². The second kappa shape index (κ2) is 9.67. The molecule has 0 saturated carbocycles. The predicted octanol–water partition coefficient (Wildman–Crippen LogP) is 4.47. The van der Waals surface area contributed by atoms with Crippen LogP contribution in [-0.2, 0) is 4.79 Å². The molecule has 3 heterocycles. The largest absolute Gasteiger partial charge is 0.470 e. The monoisotopic (exact) mass is 497 g/mol. The summed E-state index contributed by atoms with van der Waals surface area (Å²) in [4.78, 5) is 25.4. The lowest BCUT2D eigenvalue weighted by molar-refractivity contribution is -0.125. The summed E-state index contributed by atoms with van der Waals surface area (Å²) in [5.41, 5.74) is -0.0599. The van der Waals surface area contributed by atoms with Gasteiger partial charge in [-0.15, -0.1) is 0 Å². The van der Waals surface area contributed by atoms with E-state index in [0.717, 1.165) is 24.5 Å². The van der Waals surface area contributed by atoms with E-state index in [1.807, 2.05) is 0 Å². The lowest BCUT2D eigenvalue weighted by atomic mass is 10.2. The number of nitrogens with zero attached hydrogens (tertiary/aromatic N) is 4. The van der Waals surface area contributed by atoms with Crippen LogP contribution in [0.15, 0.2) is 37.2 Å². The minimum atomic E-state index is -3.18. The van der Waals surface area contributed by atoms with Crippen molar-refractivity contribution in [3.63, 3.8) is 0 Å². The standard InChI is InChI=1S/C21H16ClF4N5O3/c1-2-15(32)31-6-5-10(8-31)33-20-11(23)7-13-18(30-20)19(28-9-27-13)29-12-3-4-14(34-21(25)26)16(22)17(12)24/h2-4,7,9-10,21H,1,5-6,8H2,(H,27,28,29)/t10-/m0/s1. The third kappa shape index (κ3) is 4.81. The molecule has 0 unspecified atom stereocenters. The molecule has 1 aliphatic heterocycles. The average Bonchev–Trinajstić information content (AvgIpc) is 3.27. The van der Waals surface area contributed by atoms with E-state index in [1.165, 1.54) is 11.0 Å². The van der Waals surface area contributed by atoms with Crippen LogP contribution in [0.3, 0.4) is 0 Å². The maximum Gasteiger partial charge on any atom is 0.387 e. The smallest absolute Gasteiger partial charge is 0.387 e. The van der Waals surface area contributed by atoms with Gasteiger partial charge in [-0.3, -0.25) is 4.79 Å². The van der Waals surface area contributed by atoms with Crippen LogP contribution in [0.5, 0.6) is 11.6 Å². The number of carbonyl (C=O) groups is 1. The maximum atomic E-state index is 14.6. The van der Waals surface area contributed by atoms with Crippen LogP contribution < -0.4 is 14.8 Å². The molecule has 1 fully saturated rings. The van der Waals surface area contributed by atoms with Crippen molar-refractivity contribution in [1.82, 2.24) is 19.9 Å². The van der Waals surface area contributed by atoms with Gasteiger partial charge in [0.1, 0.15) is 28.7 Å². The molecule has 1 aromatic carbocycles. The van der Waals surface area contributed by atoms with Crippen LogP contribution in [0.4, 0.5) is 29.1 Å². The van der Waals surface area contributed by atoms with Gasteiger partial charge in [-0.1, -0.05) is 18.2 Å². The Bertz CT molecular complexity index is 1260. The molecule has 13 heteroatoms. The molecule has 1 aliphatic rings. The number of amides is 1. The van der Waals surface area contributed by atoms with E-state index in [1.54, 1.807) is 0 Å². The molecule has 34 heavy (non-hydrogen) atoms. The quantitative estimate of drug-likeness (QED) is 0.380. The number of likely N-dealkylation sites (tertiary alicyclic amines) is 1. The third-order valence-corrected chi connectivity index (χ3v) is 5.31. The molecule has 0 aliphatic carbocycles. The Morgan fingerprint density at radius 1 is 1.32 bits per heavy atom. The Kier molecular flexibility index (Phi) is 6.68. The fourth-order valence-corrected chi connectivity index (χ4v) is 3.58. The highest BCUT2D eigenvalue weighted by atomic mass is 35.5. The van der Waals surface area contributed by atoms with Crippen molar-refractivity contribution in [3.8, 4) is 11.6 Å². The number of benzene rings is 1. The van der Waals surface area contributed by atoms with Gasteiger partial charge in [0.05, 0.1) is 17.7 Å². The maximum absolute atomic E-state index is 14.6. The first kappa shape index (κ1) is 23.5. The average molecular weight is 498 g/mol. The van der Waals surface area contributed by atoms with E-state index in [9.17, 15) is 22.4 Å². The zero-order chi connectivity index (χ0) is 24.4. The molecule has 1 N–H and O–H groups in total. The van der Waals surface area contributed by atoms with Crippen molar-refractivity contribution in [2.24, 2.45) is 0 Å². The number of alkyl halides is 2. The molecular formula is C21H16ClF4N5O3. The molecule has 0 spiro atoms. The van der Waals surface area contributed by atoms with Crippen molar-refractivity contribution < 1.29 is 31.8 Å². The fourth-order valence-electron chi connectivity index (χ4n) is 3.37. The number of nitrogens with one attached hydrogen (secondary N) is 1. The first-order valence-corrected chi connectivity index (χ1v) is 10.2. The number of hydrogen-bond donors (Lipinski definition) is 1. The van der Waals surface area contributed by atoms with Crippen LogP contribution in [0.1, 0.15) is 6.42 Å². The van der Waals surface area contributed by atoms with Gasteiger partial charge in [0, 0.05) is 19.0 Å². The Balaban J connectivity index is 1.62. The van der Waals surface area contributed by atoms with E-state index >= 15 is 0 Å². The molecule has 3 aromatic rings. The Labute approximate surface area is 195 Å². The highest BCUT2D eigenvalue weighted by Gasteiger charge is 2.28. The number of ether oxygens (including phenoxy) is 2. The molecule has 4 rings (SSSR count). The summed E-state index contributed by atoms with van der Waals surface area (Å²) in [6.07, 6.45) is 2.26. The van der Waals surface area contributed by atoms with E-state index < -0.39 is 35.1 Å². The van der Waals surface area contributed by atoms with Gasteiger partial charge in [0.15, 0.2) is 17.5 Å². The highest BCUT2D eigenvalue weighted by Crippen LogP contribution is 2.35. The van der Waals surface area contributed by atoms with E-state index in [2.05, 4.69) is 31.6 Å². The summed E-state index contributed by atoms with van der Waals surface area (Å²) < 4.78 is 63.9. The molecule has 8 nitrogen and oxygen atoms in total. The van der Waals surface area contributed by atoms with Crippen molar-refractivity contribution >= 4 is 40.0 Å². The second-order valence-corrected chi connectivity index (χ2v) is 7.50. The normalized spacial score (nSPS) is 15.6. The first-order chi connectivity index (χ1) is 16.3. The van der Waals surface area contributed by atoms with Crippen molar-refractivity contribution in [2.45, 2.75) is 19.1 Å². The number of aromatic nitrogens is 3. The van der Waals surface area contributed by atoms with Crippen molar-refractivity contribution in [1.29, 1.82) is 0 Å². The SMILES string of the molecule is C=CC(=O)N1CC[C@H](Oc2nc3c(Nc4ccc(OC(F)F)c(Cl)c4F)ncnc3cc2F)C1. The van der Waals surface area contributed by atoms with Gasteiger partial charge in [-0.25, -0.2) is 23.7 Å². The van der Waals surface area contributed by atoms with Crippen molar-refractivity contribution in [2.75, 3.05) is 18.4 Å². The van der Waals surface area contributed by atoms with Crippen molar-refractivity contribution in [3.05, 3.63) is 53.8 Å². The molecule has 178 valence electrons. The number of pyridine rings is 1. The zero-order valence-corrected chi connectivity index (χ0v) is 18.0. The van der Waals surface area contributed by atoms with E-state index in [4.69, 9.17) is 16.3 Å². The summed E-state index contributed by atoms with van der Waals surface area (Å²) >= 11 is 5.79. The van der Waals surface area contributed by atoms with Crippen LogP contribution in [0, 0.1) is 11.6 Å². The van der Waals surface area contributed by atoms with Crippen LogP contribution in [0.25, 0.3) is 11.0 Å². The molecule has 0 bridgehead atoms. The second-order valence-electron chi connectivity index (χ2n) is 7.12. The van der Waals surface area contributed by atoms with E-state index in [-0.39, 0.29) is 40.9 Å². The molecular weight excluding hydrogens is 482 g/mol. The van der Waals surface area contributed by atoms with E-state index in [0.29, 0.717) is 13.0 Å². The number of rotatable bonds is 7. The lowest BCUT2D eigenvalue weighted by Crippen LogP contribution is -2.29. The zero-order valence-electron chi connectivity index (χ0n) is 17.3. The van der Waals surface area contributed by atoms with Crippen LogP contribution in [0.2, 0.25) is 5.02 Å². The Hall–Kier alpha value is -3.67. The van der Waals surface area contributed by atoms with Gasteiger partial charge in [0.2, 0.25) is 5.91 Å². The number of carbonyl (C=O) groups excluding carboxylic acids is 1. The summed E-state index contributed by atoms with van der Waals surface area (Å²) in [5.74, 6) is -3.01. The van der Waals surface area contributed by atoms with Gasteiger partial charge in [-0.05, 0) is 18.2 Å². The number of fused-ring (bicyclic) bond motifs is 1. The Morgan fingerprint density at radius 3 is 2.85 bits per heavy atom. The molecule has 0 radical (unpaired) electrons. The minimum Gasteiger partial charge on any atom is -0.470 e. The molecule has 1 amide bonds. The summed E-state index contributed by atoms with van der Waals surface area (Å²) in [6.45, 7) is 0.911. The number of halogens is 5. The predicted molar refractivity (Wildman–Crippen MR) is 114 cm³/mol. The molecule has 1 atom stereocenters. The molecule has 2 aromatic heterocycles. The topological polar surface area (TPSA) is 89.5 Å². The number of hydrogen-bond acceptors (Lipinski definition) is 7. The van der Waals surface area contributed by atoms with Gasteiger partial charge in [-0.2, -0.15) is 8.78 Å². The van der Waals surface area contributed by atoms with Crippen LogP contribution in [-0.4, -0.2) is 51.6 Å². The summed E-state index contributed by atoms with van der Waals surface area (Å²) in [5, 5.41) is 1.99. The summed E-state index contributed by atoms with van der Waals surface area (Å²) in [6, 6.07) is 3.26. The van der Waals surface area contributed by atoms with Gasteiger partial charge < -0.3 is 19.7 Å².